The number of hydrogen-bond acceptors (Lipinski definition) is 4. The third kappa shape index (κ3) is 1.95. The van der Waals surface area contributed by atoms with Crippen molar-refractivity contribution in [1.29, 1.82) is 5.26 Å². The number of rotatable bonds is 3. The minimum atomic E-state index is -0.298. The highest BCUT2D eigenvalue weighted by molar-refractivity contribution is 6.26. The topological polar surface area (TPSA) is 59.3 Å². The lowest BCUT2D eigenvalue weighted by molar-refractivity contribution is 0.104. The Morgan fingerprint density at radius 1 is 1.05 bits per heavy atom. The van der Waals surface area contributed by atoms with E-state index in [1.807, 2.05) is 36.4 Å². The van der Waals surface area contributed by atoms with E-state index in [0.29, 0.717) is 28.2 Å². The van der Waals surface area contributed by atoms with Crippen LogP contribution in [0.5, 0.6) is 11.5 Å². The molecule has 2 aromatic carbocycles. The van der Waals surface area contributed by atoms with Gasteiger partial charge in [-0.3, -0.25) is 4.79 Å². The fraction of sp³-hybridized carbons (Fsp3) is 0.111. The maximum Gasteiger partial charge on any atom is 0.205 e. The first-order valence-electron chi connectivity index (χ1n) is 6.72. The summed E-state index contributed by atoms with van der Waals surface area (Å²) in [5.74, 6) is 0.746. The first kappa shape index (κ1) is 13.9. The normalized spacial score (nSPS) is 12.9. The minimum Gasteiger partial charge on any atom is -0.497 e. The van der Waals surface area contributed by atoms with Crippen LogP contribution >= 0.6 is 0 Å². The van der Waals surface area contributed by atoms with Gasteiger partial charge in [-0.15, -0.1) is 0 Å². The molecule has 0 aliphatic heterocycles. The van der Waals surface area contributed by atoms with Crippen molar-refractivity contribution >= 4 is 11.4 Å². The predicted molar refractivity (Wildman–Crippen MR) is 82.0 cm³/mol. The molecule has 4 heteroatoms. The maximum absolute atomic E-state index is 12.6. The molecule has 22 heavy (non-hydrogen) atoms. The molecule has 108 valence electrons. The van der Waals surface area contributed by atoms with Gasteiger partial charge in [0, 0.05) is 22.8 Å². The van der Waals surface area contributed by atoms with E-state index < -0.39 is 0 Å². The van der Waals surface area contributed by atoms with Gasteiger partial charge < -0.3 is 9.47 Å². The lowest BCUT2D eigenvalue weighted by Crippen LogP contribution is -1.99. The van der Waals surface area contributed by atoms with Gasteiger partial charge in [0.15, 0.2) is 0 Å². The highest BCUT2D eigenvalue weighted by Crippen LogP contribution is 2.44. The molecule has 1 aliphatic rings. The molecular weight excluding hydrogens is 278 g/mol. The highest BCUT2D eigenvalue weighted by atomic mass is 16.5. The number of nitrogens with zero attached hydrogens (tertiary/aromatic N) is 1. The van der Waals surface area contributed by atoms with Gasteiger partial charge in [-0.2, -0.15) is 5.26 Å². The van der Waals surface area contributed by atoms with Crippen LogP contribution in [-0.4, -0.2) is 20.0 Å². The quantitative estimate of drug-likeness (QED) is 0.871. The zero-order valence-corrected chi connectivity index (χ0v) is 12.2. The van der Waals surface area contributed by atoms with Gasteiger partial charge in [-0.05, 0) is 11.6 Å². The van der Waals surface area contributed by atoms with Gasteiger partial charge in [-0.25, -0.2) is 0 Å². The first-order valence-corrected chi connectivity index (χ1v) is 6.72. The van der Waals surface area contributed by atoms with Crippen molar-refractivity contribution in [2.75, 3.05) is 14.2 Å². The molecule has 0 radical (unpaired) electrons. The Morgan fingerprint density at radius 3 is 2.36 bits per heavy atom. The summed E-state index contributed by atoms with van der Waals surface area (Å²) in [5, 5.41) is 9.43. The molecule has 0 aromatic heterocycles. The van der Waals surface area contributed by atoms with Crippen LogP contribution < -0.4 is 9.47 Å². The second-order valence-corrected chi connectivity index (χ2v) is 4.81. The average Bonchev–Trinajstić information content (AvgIpc) is 2.87. The third-order valence-electron chi connectivity index (χ3n) is 3.68. The summed E-state index contributed by atoms with van der Waals surface area (Å²) in [7, 11) is 3.06. The summed E-state index contributed by atoms with van der Waals surface area (Å²) < 4.78 is 10.6. The summed E-state index contributed by atoms with van der Waals surface area (Å²) in [6, 6.07) is 14.8. The van der Waals surface area contributed by atoms with Gasteiger partial charge >= 0.3 is 0 Å². The number of hydrogen-bond donors (Lipinski definition) is 0. The van der Waals surface area contributed by atoms with Crippen molar-refractivity contribution < 1.29 is 14.3 Å². The standard InChI is InChI=1S/C18H13NO3/c1-21-12-8-13-17(15(9-12)22-2)16(14(10-19)18(13)20)11-6-4-3-5-7-11/h3-9H,1-2H3. The number of ether oxygens (including phenoxy) is 2. The predicted octanol–water partition coefficient (Wildman–Crippen LogP) is 3.23. The monoisotopic (exact) mass is 291 g/mol. The Labute approximate surface area is 128 Å². The van der Waals surface area contributed by atoms with Gasteiger partial charge in [0.2, 0.25) is 5.78 Å². The van der Waals surface area contributed by atoms with Crippen LogP contribution in [0.15, 0.2) is 48.0 Å². The zero-order chi connectivity index (χ0) is 15.7. The zero-order valence-electron chi connectivity index (χ0n) is 12.2. The maximum atomic E-state index is 12.6. The number of carbonyl (C=O) groups is 1. The molecule has 3 rings (SSSR count). The fourth-order valence-electron chi connectivity index (χ4n) is 2.68. The number of allylic oxidation sites excluding steroid dienone is 1. The van der Waals surface area contributed by atoms with Crippen LogP contribution in [0.3, 0.4) is 0 Å². The molecule has 4 nitrogen and oxygen atoms in total. The molecule has 2 aromatic rings. The van der Waals surface area contributed by atoms with Crippen LogP contribution in [0.4, 0.5) is 0 Å². The number of nitriles is 1. The number of ketones is 1. The van der Waals surface area contributed by atoms with Crippen LogP contribution in [-0.2, 0) is 0 Å². The molecule has 0 unspecified atom stereocenters. The second kappa shape index (κ2) is 5.38. The number of carbonyl (C=O) groups excluding carboxylic acids is 1. The van der Waals surface area contributed by atoms with Crippen molar-refractivity contribution in [2.24, 2.45) is 0 Å². The SMILES string of the molecule is COc1cc(OC)c2c(c1)C(=O)C(C#N)=C2c1ccccc1. The van der Waals surface area contributed by atoms with E-state index in [1.54, 1.807) is 12.1 Å². The molecule has 0 spiro atoms. The van der Waals surface area contributed by atoms with Crippen molar-refractivity contribution in [3.63, 3.8) is 0 Å². The van der Waals surface area contributed by atoms with Crippen molar-refractivity contribution in [3.8, 4) is 17.6 Å². The van der Waals surface area contributed by atoms with E-state index in [4.69, 9.17) is 9.47 Å². The smallest absolute Gasteiger partial charge is 0.205 e. The summed E-state index contributed by atoms with van der Waals surface area (Å²) in [5.41, 5.74) is 2.65. The van der Waals surface area contributed by atoms with Crippen LogP contribution in [0, 0.1) is 11.3 Å². The van der Waals surface area contributed by atoms with E-state index >= 15 is 0 Å². The lowest BCUT2D eigenvalue weighted by atomic mass is 9.97. The largest absolute Gasteiger partial charge is 0.497 e. The van der Waals surface area contributed by atoms with Crippen LogP contribution in [0.1, 0.15) is 21.5 Å². The van der Waals surface area contributed by atoms with Crippen molar-refractivity contribution in [2.45, 2.75) is 0 Å². The minimum absolute atomic E-state index is 0.132. The Kier molecular flexibility index (Phi) is 3.40. The number of Topliss-reactive ketones (excluding diaryl/α,β-unsaturated/α-hetero) is 1. The van der Waals surface area contributed by atoms with E-state index in [9.17, 15) is 10.1 Å². The Balaban J connectivity index is 2.34. The number of fused-ring (bicyclic) bond motifs is 1. The van der Waals surface area contributed by atoms with E-state index in [0.717, 1.165) is 5.56 Å². The fourth-order valence-corrected chi connectivity index (χ4v) is 2.68. The van der Waals surface area contributed by atoms with Gasteiger partial charge in [0.05, 0.1) is 14.2 Å². The molecule has 0 fully saturated rings. The molecule has 1 aliphatic carbocycles. The van der Waals surface area contributed by atoms with Gasteiger partial charge in [0.25, 0.3) is 0 Å². The summed E-state index contributed by atoms with van der Waals surface area (Å²) in [6.45, 7) is 0. The summed E-state index contributed by atoms with van der Waals surface area (Å²) in [6.07, 6.45) is 0. The van der Waals surface area contributed by atoms with Crippen LogP contribution in [0.2, 0.25) is 0 Å². The second-order valence-electron chi connectivity index (χ2n) is 4.81. The summed E-state index contributed by atoms with van der Waals surface area (Å²) >= 11 is 0. The van der Waals surface area contributed by atoms with E-state index in [-0.39, 0.29) is 11.4 Å². The molecular formula is C18H13NO3. The van der Waals surface area contributed by atoms with Crippen molar-refractivity contribution in [1.82, 2.24) is 0 Å². The highest BCUT2D eigenvalue weighted by Gasteiger charge is 2.34. The Hall–Kier alpha value is -3.06. The Bertz CT molecular complexity index is 829. The molecule has 0 heterocycles. The summed E-state index contributed by atoms with van der Waals surface area (Å²) in [4.78, 5) is 12.6. The molecule has 0 saturated heterocycles. The first-order chi connectivity index (χ1) is 10.7. The Morgan fingerprint density at radius 2 is 1.77 bits per heavy atom. The molecule has 0 N–H and O–H groups in total. The van der Waals surface area contributed by atoms with Gasteiger partial charge in [0.1, 0.15) is 23.1 Å². The van der Waals surface area contributed by atoms with Crippen LogP contribution in [0.25, 0.3) is 5.57 Å². The number of benzene rings is 2. The lowest BCUT2D eigenvalue weighted by Gasteiger charge is -2.12. The molecule has 0 bridgehead atoms. The average molecular weight is 291 g/mol. The number of methoxy groups -OCH3 is 2. The third-order valence-corrected chi connectivity index (χ3v) is 3.68. The molecule has 0 amide bonds. The van der Waals surface area contributed by atoms with E-state index in [2.05, 4.69) is 0 Å². The molecule has 0 saturated carbocycles. The molecule has 0 atom stereocenters. The van der Waals surface area contributed by atoms with Crippen molar-refractivity contribution in [3.05, 3.63) is 64.7 Å². The van der Waals surface area contributed by atoms with E-state index in [1.165, 1.54) is 14.2 Å². The van der Waals surface area contributed by atoms with Gasteiger partial charge in [-0.1, -0.05) is 30.3 Å².